The van der Waals surface area contributed by atoms with E-state index >= 15 is 0 Å². The van der Waals surface area contributed by atoms with E-state index < -0.39 is 0 Å². The van der Waals surface area contributed by atoms with Gasteiger partial charge in [0, 0.05) is 6.42 Å². The molecule has 0 heterocycles. The molecule has 1 aromatic rings. The molecule has 2 nitrogen and oxygen atoms in total. The van der Waals surface area contributed by atoms with Crippen LogP contribution in [0.2, 0.25) is 0 Å². The van der Waals surface area contributed by atoms with Gasteiger partial charge in [0.2, 0.25) is 0 Å². The van der Waals surface area contributed by atoms with E-state index in [2.05, 4.69) is 6.92 Å². The predicted molar refractivity (Wildman–Crippen MR) is 66.1 cm³/mol. The van der Waals surface area contributed by atoms with Crippen molar-refractivity contribution in [2.75, 3.05) is 7.11 Å². The van der Waals surface area contributed by atoms with Crippen molar-refractivity contribution in [2.24, 2.45) is 0 Å². The Bertz CT molecular complexity index is 331. The van der Waals surface area contributed by atoms with Gasteiger partial charge in [0.1, 0.15) is 5.75 Å². The lowest BCUT2D eigenvalue weighted by Gasteiger charge is -2.06. The molecule has 0 radical (unpaired) electrons. The van der Waals surface area contributed by atoms with E-state index in [0.29, 0.717) is 17.7 Å². The Kier molecular flexibility index (Phi) is 5.62. The molecule has 0 spiro atoms. The minimum absolute atomic E-state index is 0.188. The number of hydrogen-bond donors (Lipinski definition) is 0. The highest BCUT2D eigenvalue weighted by Gasteiger charge is 2.10. The molecular formula is C14H20O2. The van der Waals surface area contributed by atoms with Crippen LogP contribution >= 0.6 is 0 Å². The minimum atomic E-state index is 0.188. The summed E-state index contributed by atoms with van der Waals surface area (Å²) in [5.74, 6) is 0.872. The zero-order valence-electron chi connectivity index (χ0n) is 10.2. The Hall–Kier alpha value is -1.31. The van der Waals surface area contributed by atoms with Crippen molar-refractivity contribution >= 4 is 5.78 Å². The van der Waals surface area contributed by atoms with Crippen molar-refractivity contribution in [3.63, 3.8) is 0 Å². The molecule has 0 N–H and O–H groups in total. The second-order valence-corrected chi connectivity index (χ2v) is 3.93. The van der Waals surface area contributed by atoms with Gasteiger partial charge in [-0.1, -0.05) is 38.3 Å². The highest BCUT2D eigenvalue weighted by Crippen LogP contribution is 2.20. The number of benzene rings is 1. The van der Waals surface area contributed by atoms with Crippen molar-refractivity contribution in [2.45, 2.75) is 39.0 Å². The van der Waals surface area contributed by atoms with Gasteiger partial charge in [-0.2, -0.15) is 0 Å². The van der Waals surface area contributed by atoms with Crippen molar-refractivity contribution in [1.29, 1.82) is 0 Å². The van der Waals surface area contributed by atoms with Gasteiger partial charge in [0.15, 0.2) is 5.78 Å². The topological polar surface area (TPSA) is 26.3 Å². The Balaban J connectivity index is 2.52. The molecule has 0 aliphatic rings. The van der Waals surface area contributed by atoms with Crippen LogP contribution in [-0.4, -0.2) is 12.9 Å². The summed E-state index contributed by atoms with van der Waals surface area (Å²) in [6.07, 6.45) is 5.14. The molecule has 0 saturated heterocycles. The Morgan fingerprint density at radius 2 is 1.94 bits per heavy atom. The lowest BCUT2D eigenvalue weighted by Crippen LogP contribution is -2.01. The lowest BCUT2D eigenvalue weighted by atomic mass is 10.0. The number of methoxy groups -OCH3 is 1. The fraction of sp³-hybridized carbons (Fsp3) is 0.500. The normalized spacial score (nSPS) is 10.1. The van der Waals surface area contributed by atoms with Gasteiger partial charge in [-0.05, 0) is 18.6 Å². The first-order chi connectivity index (χ1) is 7.79. The van der Waals surface area contributed by atoms with Crippen LogP contribution in [-0.2, 0) is 0 Å². The van der Waals surface area contributed by atoms with Crippen LogP contribution in [0.25, 0.3) is 0 Å². The maximum atomic E-state index is 11.9. The van der Waals surface area contributed by atoms with Gasteiger partial charge in [-0.25, -0.2) is 0 Å². The molecule has 0 atom stereocenters. The van der Waals surface area contributed by atoms with E-state index in [1.54, 1.807) is 7.11 Å². The molecule has 0 unspecified atom stereocenters. The summed E-state index contributed by atoms with van der Waals surface area (Å²) in [5.41, 5.74) is 0.710. The molecule has 1 aromatic carbocycles. The number of rotatable bonds is 7. The molecule has 0 fully saturated rings. The third kappa shape index (κ3) is 3.69. The SMILES string of the molecule is CCCCCCC(=O)c1ccccc1OC. The van der Waals surface area contributed by atoms with Crippen LogP contribution in [0.1, 0.15) is 49.4 Å². The third-order valence-corrected chi connectivity index (χ3v) is 2.66. The second kappa shape index (κ2) is 7.04. The first-order valence-electron chi connectivity index (χ1n) is 5.95. The molecule has 0 bridgehead atoms. The summed E-state index contributed by atoms with van der Waals surface area (Å²) in [4.78, 5) is 11.9. The van der Waals surface area contributed by atoms with E-state index in [9.17, 15) is 4.79 Å². The number of carbonyl (C=O) groups excluding carboxylic acids is 1. The molecule has 88 valence electrons. The standard InChI is InChI=1S/C14H20O2/c1-3-4-5-6-10-13(15)12-9-7-8-11-14(12)16-2/h7-9,11H,3-6,10H2,1-2H3. The summed E-state index contributed by atoms with van der Waals surface area (Å²) in [5, 5.41) is 0. The summed E-state index contributed by atoms with van der Waals surface area (Å²) >= 11 is 0. The third-order valence-electron chi connectivity index (χ3n) is 2.66. The van der Waals surface area contributed by atoms with Crippen LogP contribution in [0.15, 0.2) is 24.3 Å². The average Bonchev–Trinajstić information content (AvgIpc) is 2.34. The molecule has 0 aromatic heterocycles. The van der Waals surface area contributed by atoms with Crippen LogP contribution in [0.3, 0.4) is 0 Å². The number of ether oxygens (including phenoxy) is 1. The monoisotopic (exact) mass is 220 g/mol. The lowest BCUT2D eigenvalue weighted by molar-refractivity contribution is 0.0976. The highest BCUT2D eigenvalue weighted by molar-refractivity contribution is 5.98. The zero-order chi connectivity index (χ0) is 11.8. The number of unbranched alkanes of at least 4 members (excludes halogenated alkanes) is 3. The van der Waals surface area contributed by atoms with E-state index in [-0.39, 0.29) is 5.78 Å². The Morgan fingerprint density at radius 3 is 2.62 bits per heavy atom. The number of para-hydroxylation sites is 1. The minimum Gasteiger partial charge on any atom is -0.496 e. The first-order valence-corrected chi connectivity index (χ1v) is 5.95. The fourth-order valence-corrected chi connectivity index (χ4v) is 1.72. The maximum absolute atomic E-state index is 11.9. The van der Waals surface area contributed by atoms with E-state index in [1.165, 1.54) is 12.8 Å². The number of ketones is 1. The maximum Gasteiger partial charge on any atom is 0.166 e. The summed E-state index contributed by atoms with van der Waals surface area (Å²) in [7, 11) is 1.60. The van der Waals surface area contributed by atoms with Gasteiger partial charge in [-0.3, -0.25) is 4.79 Å². The molecule has 0 aliphatic heterocycles. The van der Waals surface area contributed by atoms with Gasteiger partial charge in [0.05, 0.1) is 12.7 Å². The van der Waals surface area contributed by atoms with E-state index in [4.69, 9.17) is 4.74 Å². The van der Waals surface area contributed by atoms with Gasteiger partial charge >= 0.3 is 0 Å². The molecule has 0 amide bonds. The molecule has 0 saturated carbocycles. The van der Waals surface area contributed by atoms with Crippen LogP contribution in [0, 0.1) is 0 Å². The molecule has 2 heteroatoms. The molecular weight excluding hydrogens is 200 g/mol. The second-order valence-electron chi connectivity index (χ2n) is 3.93. The van der Waals surface area contributed by atoms with Crippen molar-refractivity contribution in [1.82, 2.24) is 0 Å². The average molecular weight is 220 g/mol. The zero-order valence-corrected chi connectivity index (χ0v) is 10.2. The molecule has 1 rings (SSSR count). The quantitative estimate of drug-likeness (QED) is 0.515. The van der Waals surface area contributed by atoms with Crippen molar-refractivity contribution in [3.8, 4) is 5.75 Å². The Labute approximate surface area is 97.6 Å². The van der Waals surface area contributed by atoms with Crippen molar-refractivity contribution < 1.29 is 9.53 Å². The van der Waals surface area contributed by atoms with E-state index in [0.717, 1.165) is 12.8 Å². The van der Waals surface area contributed by atoms with E-state index in [1.807, 2.05) is 24.3 Å². The van der Waals surface area contributed by atoms with Crippen LogP contribution in [0.5, 0.6) is 5.75 Å². The fourth-order valence-electron chi connectivity index (χ4n) is 1.72. The Morgan fingerprint density at radius 1 is 1.19 bits per heavy atom. The summed E-state index contributed by atoms with van der Waals surface area (Å²) in [6.45, 7) is 2.17. The van der Waals surface area contributed by atoms with Gasteiger partial charge in [-0.15, -0.1) is 0 Å². The summed E-state index contributed by atoms with van der Waals surface area (Å²) < 4.78 is 5.17. The first kappa shape index (κ1) is 12.8. The van der Waals surface area contributed by atoms with Gasteiger partial charge in [0.25, 0.3) is 0 Å². The number of hydrogen-bond acceptors (Lipinski definition) is 2. The largest absolute Gasteiger partial charge is 0.496 e. The molecule has 0 aliphatic carbocycles. The molecule has 16 heavy (non-hydrogen) atoms. The smallest absolute Gasteiger partial charge is 0.166 e. The summed E-state index contributed by atoms with van der Waals surface area (Å²) in [6, 6.07) is 7.43. The van der Waals surface area contributed by atoms with Gasteiger partial charge < -0.3 is 4.74 Å². The van der Waals surface area contributed by atoms with Crippen molar-refractivity contribution in [3.05, 3.63) is 29.8 Å². The number of carbonyl (C=O) groups is 1. The highest BCUT2D eigenvalue weighted by atomic mass is 16.5. The number of Topliss-reactive ketones (excluding diaryl/α,β-unsaturated/α-hetero) is 1. The predicted octanol–water partition coefficient (Wildman–Crippen LogP) is 3.85. The van der Waals surface area contributed by atoms with Crippen LogP contribution < -0.4 is 4.74 Å². The van der Waals surface area contributed by atoms with Crippen LogP contribution in [0.4, 0.5) is 0 Å².